The van der Waals surface area contributed by atoms with E-state index in [-0.39, 0.29) is 12.1 Å². The molecule has 2 N–H and O–H groups in total. The van der Waals surface area contributed by atoms with Crippen molar-refractivity contribution in [3.63, 3.8) is 0 Å². The molecule has 1 saturated heterocycles. The lowest BCUT2D eigenvalue weighted by molar-refractivity contribution is 0.0401. The second-order valence-electron chi connectivity index (χ2n) is 4.50. The molecule has 1 aromatic rings. The molecule has 0 aromatic heterocycles. The first-order valence-corrected chi connectivity index (χ1v) is 5.64. The Morgan fingerprint density at radius 3 is 2.47 bits per heavy atom. The summed E-state index contributed by atoms with van der Waals surface area (Å²) in [5.74, 6) is 0. The Labute approximate surface area is 91.4 Å². The highest BCUT2D eigenvalue weighted by Crippen LogP contribution is 2.28. The monoisotopic (exact) mass is 205 g/mol. The van der Waals surface area contributed by atoms with Crippen molar-refractivity contribution in [2.75, 3.05) is 0 Å². The second kappa shape index (κ2) is 4.33. The highest BCUT2D eigenvalue weighted by atomic mass is 16.5. The van der Waals surface area contributed by atoms with Gasteiger partial charge in [0.25, 0.3) is 0 Å². The fourth-order valence-corrected chi connectivity index (χ4v) is 2.10. The molecular formula is C13H19NO. The predicted octanol–water partition coefficient (Wildman–Crippen LogP) is 2.56. The van der Waals surface area contributed by atoms with Gasteiger partial charge in [-0.2, -0.15) is 0 Å². The molecule has 2 heteroatoms. The van der Waals surface area contributed by atoms with E-state index in [9.17, 15) is 0 Å². The minimum atomic E-state index is 0.0237. The van der Waals surface area contributed by atoms with E-state index < -0.39 is 0 Å². The lowest BCUT2D eigenvalue weighted by Gasteiger charge is -2.19. The van der Waals surface area contributed by atoms with Gasteiger partial charge in [-0.15, -0.1) is 0 Å². The average molecular weight is 205 g/mol. The fourth-order valence-electron chi connectivity index (χ4n) is 2.10. The maximum Gasteiger partial charge on any atom is 0.0772 e. The zero-order valence-corrected chi connectivity index (χ0v) is 9.44. The Balaban J connectivity index is 2.07. The minimum Gasteiger partial charge on any atom is -0.373 e. The van der Waals surface area contributed by atoms with Crippen LogP contribution in [-0.4, -0.2) is 12.2 Å². The summed E-state index contributed by atoms with van der Waals surface area (Å²) < 4.78 is 5.78. The summed E-state index contributed by atoms with van der Waals surface area (Å²) in [6.45, 7) is 4.20. The third-order valence-corrected chi connectivity index (χ3v) is 3.13. The van der Waals surface area contributed by atoms with Gasteiger partial charge in [0.1, 0.15) is 0 Å². The molecule has 1 aliphatic rings. The summed E-state index contributed by atoms with van der Waals surface area (Å²) in [6.07, 6.45) is 2.77. The van der Waals surface area contributed by atoms with Gasteiger partial charge in [-0.25, -0.2) is 0 Å². The number of ether oxygens (including phenoxy) is 1. The van der Waals surface area contributed by atoms with Gasteiger partial charge in [0.05, 0.1) is 18.2 Å². The summed E-state index contributed by atoms with van der Waals surface area (Å²) in [4.78, 5) is 0. The Morgan fingerprint density at radius 1 is 1.27 bits per heavy atom. The average Bonchev–Trinajstić information content (AvgIpc) is 2.65. The molecular weight excluding hydrogens is 186 g/mol. The molecule has 1 aromatic carbocycles. The molecule has 0 saturated carbocycles. The minimum absolute atomic E-state index is 0.0237. The first-order chi connectivity index (χ1) is 7.16. The Hall–Kier alpha value is -0.860. The maximum absolute atomic E-state index is 6.19. The van der Waals surface area contributed by atoms with Gasteiger partial charge in [0.2, 0.25) is 0 Å². The SMILES string of the molecule is Cc1ccc(C(N)C2CCC(C)O2)cc1. The molecule has 3 atom stereocenters. The van der Waals surface area contributed by atoms with E-state index in [4.69, 9.17) is 10.5 Å². The maximum atomic E-state index is 6.19. The van der Waals surface area contributed by atoms with Crippen LogP contribution in [0.4, 0.5) is 0 Å². The van der Waals surface area contributed by atoms with Crippen LogP contribution in [0.25, 0.3) is 0 Å². The molecule has 3 unspecified atom stereocenters. The lowest BCUT2D eigenvalue weighted by atomic mass is 9.99. The van der Waals surface area contributed by atoms with Crippen molar-refractivity contribution >= 4 is 0 Å². The predicted molar refractivity (Wildman–Crippen MR) is 61.7 cm³/mol. The van der Waals surface area contributed by atoms with E-state index >= 15 is 0 Å². The van der Waals surface area contributed by atoms with Crippen molar-refractivity contribution in [2.24, 2.45) is 5.73 Å². The van der Waals surface area contributed by atoms with Crippen molar-refractivity contribution in [1.82, 2.24) is 0 Å². The highest BCUT2D eigenvalue weighted by molar-refractivity contribution is 5.24. The first-order valence-electron chi connectivity index (χ1n) is 5.64. The number of rotatable bonds is 2. The molecule has 15 heavy (non-hydrogen) atoms. The lowest BCUT2D eigenvalue weighted by Crippen LogP contribution is -2.26. The molecule has 0 spiro atoms. The molecule has 1 fully saturated rings. The third kappa shape index (κ3) is 2.39. The third-order valence-electron chi connectivity index (χ3n) is 3.13. The fraction of sp³-hybridized carbons (Fsp3) is 0.538. The number of benzene rings is 1. The molecule has 2 rings (SSSR count). The zero-order valence-electron chi connectivity index (χ0n) is 9.44. The van der Waals surface area contributed by atoms with Crippen LogP contribution < -0.4 is 5.73 Å². The summed E-state index contributed by atoms with van der Waals surface area (Å²) in [5.41, 5.74) is 8.64. The molecule has 2 nitrogen and oxygen atoms in total. The van der Waals surface area contributed by atoms with E-state index in [0.29, 0.717) is 6.10 Å². The summed E-state index contributed by atoms with van der Waals surface area (Å²) >= 11 is 0. The van der Waals surface area contributed by atoms with Crippen LogP contribution in [-0.2, 0) is 4.74 Å². The number of hydrogen-bond donors (Lipinski definition) is 1. The molecule has 0 bridgehead atoms. The number of nitrogens with two attached hydrogens (primary N) is 1. The molecule has 82 valence electrons. The van der Waals surface area contributed by atoms with E-state index in [1.165, 1.54) is 11.1 Å². The summed E-state index contributed by atoms with van der Waals surface area (Å²) in [6, 6.07) is 8.44. The van der Waals surface area contributed by atoms with Crippen LogP contribution in [0, 0.1) is 6.92 Å². The van der Waals surface area contributed by atoms with Gasteiger partial charge in [0.15, 0.2) is 0 Å². The normalized spacial score (nSPS) is 27.9. The van der Waals surface area contributed by atoms with E-state index in [0.717, 1.165) is 12.8 Å². The van der Waals surface area contributed by atoms with Gasteiger partial charge in [-0.05, 0) is 32.3 Å². The van der Waals surface area contributed by atoms with Crippen molar-refractivity contribution < 1.29 is 4.74 Å². The van der Waals surface area contributed by atoms with Crippen LogP contribution in [0.3, 0.4) is 0 Å². The largest absolute Gasteiger partial charge is 0.373 e. The molecule has 1 aliphatic heterocycles. The Bertz CT molecular complexity index is 320. The van der Waals surface area contributed by atoms with Gasteiger partial charge in [-0.1, -0.05) is 29.8 Å². The van der Waals surface area contributed by atoms with E-state index in [1.807, 2.05) is 0 Å². The van der Waals surface area contributed by atoms with Crippen LogP contribution in [0.15, 0.2) is 24.3 Å². The Morgan fingerprint density at radius 2 is 1.93 bits per heavy atom. The summed E-state index contributed by atoms with van der Waals surface area (Å²) in [7, 11) is 0. The van der Waals surface area contributed by atoms with Crippen molar-refractivity contribution in [3.05, 3.63) is 35.4 Å². The van der Waals surface area contributed by atoms with Crippen LogP contribution >= 0.6 is 0 Å². The zero-order chi connectivity index (χ0) is 10.8. The van der Waals surface area contributed by atoms with Gasteiger partial charge < -0.3 is 10.5 Å². The topological polar surface area (TPSA) is 35.2 Å². The molecule has 0 aliphatic carbocycles. The Kier molecular flexibility index (Phi) is 3.08. The van der Waals surface area contributed by atoms with Crippen molar-refractivity contribution in [3.8, 4) is 0 Å². The van der Waals surface area contributed by atoms with Crippen molar-refractivity contribution in [2.45, 2.75) is 44.9 Å². The van der Waals surface area contributed by atoms with E-state index in [1.54, 1.807) is 0 Å². The van der Waals surface area contributed by atoms with Crippen LogP contribution in [0.1, 0.15) is 36.9 Å². The molecule has 0 radical (unpaired) electrons. The highest BCUT2D eigenvalue weighted by Gasteiger charge is 2.27. The number of hydrogen-bond acceptors (Lipinski definition) is 2. The second-order valence-corrected chi connectivity index (χ2v) is 4.50. The van der Waals surface area contributed by atoms with E-state index in [2.05, 4.69) is 38.1 Å². The molecule has 1 heterocycles. The van der Waals surface area contributed by atoms with Gasteiger partial charge in [-0.3, -0.25) is 0 Å². The quantitative estimate of drug-likeness (QED) is 0.805. The number of aryl methyl sites for hydroxylation is 1. The summed E-state index contributed by atoms with van der Waals surface area (Å²) in [5, 5.41) is 0. The van der Waals surface area contributed by atoms with Crippen LogP contribution in [0.2, 0.25) is 0 Å². The first kappa shape index (κ1) is 10.7. The molecule has 0 amide bonds. The van der Waals surface area contributed by atoms with Crippen molar-refractivity contribution in [1.29, 1.82) is 0 Å². The van der Waals surface area contributed by atoms with Crippen LogP contribution in [0.5, 0.6) is 0 Å². The van der Waals surface area contributed by atoms with Gasteiger partial charge >= 0.3 is 0 Å². The smallest absolute Gasteiger partial charge is 0.0772 e. The van der Waals surface area contributed by atoms with Gasteiger partial charge in [0, 0.05) is 0 Å². The standard InChI is InChI=1S/C13H19NO/c1-9-3-6-11(7-4-9)13(14)12-8-5-10(2)15-12/h3-4,6-7,10,12-13H,5,8,14H2,1-2H3.